The highest BCUT2D eigenvalue weighted by atomic mass is 16.5. The Morgan fingerprint density at radius 2 is 1.17 bits per heavy atom. The van der Waals surface area contributed by atoms with Gasteiger partial charge in [0.2, 0.25) is 0 Å². The first-order valence-electron chi connectivity index (χ1n) is 5.34. The minimum atomic E-state index is 0.464. The van der Waals surface area contributed by atoms with Crippen molar-refractivity contribution < 1.29 is 19.1 Å². The largest absolute Gasteiger partial charge is 0.496 e. The van der Waals surface area contributed by atoms with E-state index in [0.29, 0.717) is 33.4 Å². The van der Waals surface area contributed by atoms with Gasteiger partial charge in [0, 0.05) is 21.9 Å². The topological polar surface area (TPSA) is 52.6 Å². The summed E-state index contributed by atoms with van der Waals surface area (Å²) >= 11 is 0. The van der Waals surface area contributed by atoms with E-state index >= 15 is 0 Å². The molecule has 0 bridgehead atoms. The Labute approximate surface area is 104 Å². The molecular formula is C14H12O4. The summed E-state index contributed by atoms with van der Waals surface area (Å²) in [5, 5.41) is 1.19. The van der Waals surface area contributed by atoms with Crippen molar-refractivity contribution in [3.8, 4) is 11.5 Å². The van der Waals surface area contributed by atoms with E-state index in [2.05, 4.69) is 0 Å². The molecule has 0 N–H and O–H groups in total. The van der Waals surface area contributed by atoms with Crippen molar-refractivity contribution in [2.24, 2.45) is 0 Å². The number of fused-ring (bicyclic) bond motifs is 1. The fraction of sp³-hybridized carbons (Fsp3) is 0.143. The monoisotopic (exact) mass is 244 g/mol. The van der Waals surface area contributed by atoms with Gasteiger partial charge in [0.25, 0.3) is 0 Å². The summed E-state index contributed by atoms with van der Waals surface area (Å²) in [6.07, 6.45) is 1.47. The molecule has 2 aromatic carbocycles. The summed E-state index contributed by atoms with van der Waals surface area (Å²) < 4.78 is 10.5. The van der Waals surface area contributed by atoms with Crippen LogP contribution in [0.5, 0.6) is 11.5 Å². The minimum absolute atomic E-state index is 0.464. The van der Waals surface area contributed by atoms with E-state index in [4.69, 9.17) is 9.47 Å². The van der Waals surface area contributed by atoms with Gasteiger partial charge >= 0.3 is 0 Å². The SMILES string of the molecule is COc1ccc(OC)c2c(C=O)ccc(C=O)c12. The van der Waals surface area contributed by atoms with Crippen molar-refractivity contribution >= 4 is 23.3 Å². The van der Waals surface area contributed by atoms with Gasteiger partial charge in [-0.1, -0.05) is 12.1 Å². The number of aldehydes is 2. The van der Waals surface area contributed by atoms with Crippen LogP contribution < -0.4 is 9.47 Å². The van der Waals surface area contributed by atoms with Crippen LogP contribution in [0.25, 0.3) is 10.8 Å². The van der Waals surface area contributed by atoms with Crippen LogP contribution in [-0.4, -0.2) is 26.8 Å². The average Bonchev–Trinajstić information content (AvgIpc) is 2.44. The second-order valence-electron chi connectivity index (χ2n) is 3.70. The lowest BCUT2D eigenvalue weighted by atomic mass is 9.99. The lowest BCUT2D eigenvalue weighted by molar-refractivity contribution is 0.111. The molecule has 0 saturated heterocycles. The highest BCUT2D eigenvalue weighted by Gasteiger charge is 2.14. The van der Waals surface area contributed by atoms with Crippen LogP contribution >= 0.6 is 0 Å². The van der Waals surface area contributed by atoms with Crippen LogP contribution in [0.2, 0.25) is 0 Å². The van der Waals surface area contributed by atoms with E-state index in [1.165, 1.54) is 14.2 Å². The van der Waals surface area contributed by atoms with Crippen LogP contribution in [0.4, 0.5) is 0 Å². The molecule has 4 heteroatoms. The van der Waals surface area contributed by atoms with Crippen molar-refractivity contribution in [2.45, 2.75) is 0 Å². The predicted molar refractivity (Wildman–Crippen MR) is 67.8 cm³/mol. The zero-order valence-electron chi connectivity index (χ0n) is 10.1. The number of hydrogen-bond donors (Lipinski definition) is 0. The third kappa shape index (κ3) is 1.72. The van der Waals surface area contributed by atoms with Crippen molar-refractivity contribution in [1.82, 2.24) is 0 Å². The maximum Gasteiger partial charge on any atom is 0.150 e. The molecule has 0 saturated carbocycles. The van der Waals surface area contributed by atoms with Crippen molar-refractivity contribution in [2.75, 3.05) is 14.2 Å². The van der Waals surface area contributed by atoms with E-state index in [0.717, 1.165) is 12.6 Å². The first-order valence-corrected chi connectivity index (χ1v) is 5.34. The molecule has 2 aromatic rings. The van der Waals surface area contributed by atoms with E-state index < -0.39 is 0 Å². The molecule has 0 radical (unpaired) electrons. The molecule has 0 aliphatic rings. The predicted octanol–water partition coefficient (Wildman–Crippen LogP) is 2.48. The van der Waals surface area contributed by atoms with E-state index in [1.807, 2.05) is 0 Å². The Morgan fingerprint density at radius 1 is 0.778 bits per heavy atom. The smallest absolute Gasteiger partial charge is 0.150 e. The van der Waals surface area contributed by atoms with Gasteiger partial charge in [-0.15, -0.1) is 0 Å². The molecule has 4 nitrogen and oxygen atoms in total. The lowest BCUT2D eigenvalue weighted by Gasteiger charge is -2.12. The van der Waals surface area contributed by atoms with Gasteiger partial charge in [0.15, 0.2) is 12.6 Å². The lowest BCUT2D eigenvalue weighted by Crippen LogP contribution is -1.96. The number of benzene rings is 2. The molecule has 92 valence electrons. The molecule has 2 rings (SSSR count). The highest BCUT2D eigenvalue weighted by Crippen LogP contribution is 2.36. The second-order valence-corrected chi connectivity index (χ2v) is 3.70. The number of ether oxygens (including phenoxy) is 2. The van der Waals surface area contributed by atoms with E-state index in [9.17, 15) is 9.59 Å². The zero-order chi connectivity index (χ0) is 13.1. The average molecular weight is 244 g/mol. The van der Waals surface area contributed by atoms with Gasteiger partial charge in [-0.3, -0.25) is 9.59 Å². The van der Waals surface area contributed by atoms with Gasteiger partial charge in [0.1, 0.15) is 11.5 Å². The fourth-order valence-corrected chi connectivity index (χ4v) is 2.02. The van der Waals surface area contributed by atoms with Crippen LogP contribution in [0.15, 0.2) is 24.3 Å². The molecule has 0 spiro atoms. The van der Waals surface area contributed by atoms with Gasteiger partial charge in [0.05, 0.1) is 14.2 Å². The molecule has 0 aromatic heterocycles. The third-order valence-electron chi connectivity index (χ3n) is 2.84. The van der Waals surface area contributed by atoms with E-state index in [1.54, 1.807) is 24.3 Å². The second kappa shape index (κ2) is 4.87. The quantitative estimate of drug-likeness (QED) is 0.775. The summed E-state index contributed by atoms with van der Waals surface area (Å²) in [5.74, 6) is 1.08. The molecule has 0 heterocycles. The van der Waals surface area contributed by atoms with Crippen molar-refractivity contribution in [3.05, 3.63) is 35.4 Å². The molecule has 0 aliphatic carbocycles. The van der Waals surface area contributed by atoms with Crippen LogP contribution in [0.3, 0.4) is 0 Å². The zero-order valence-corrected chi connectivity index (χ0v) is 10.1. The number of carbonyl (C=O) groups is 2. The van der Waals surface area contributed by atoms with Gasteiger partial charge < -0.3 is 9.47 Å². The summed E-state index contributed by atoms with van der Waals surface area (Å²) in [6, 6.07) is 6.62. The number of rotatable bonds is 4. The summed E-state index contributed by atoms with van der Waals surface area (Å²) in [6.45, 7) is 0. The summed E-state index contributed by atoms with van der Waals surface area (Å²) in [5.41, 5.74) is 0.928. The Morgan fingerprint density at radius 3 is 1.44 bits per heavy atom. The van der Waals surface area contributed by atoms with Gasteiger partial charge in [-0.25, -0.2) is 0 Å². The number of methoxy groups -OCH3 is 2. The molecule has 0 aliphatic heterocycles. The summed E-state index contributed by atoms with van der Waals surface area (Å²) in [7, 11) is 3.03. The summed E-state index contributed by atoms with van der Waals surface area (Å²) in [4.78, 5) is 22.2. The highest BCUT2D eigenvalue weighted by molar-refractivity contribution is 6.10. The van der Waals surface area contributed by atoms with Crippen LogP contribution in [-0.2, 0) is 0 Å². The Kier molecular flexibility index (Phi) is 3.28. The van der Waals surface area contributed by atoms with E-state index in [-0.39, 0.29) is 0 Å². The van der Waals surface area contributed by atoms with Gasteiger partial charge in [-0.05, 0) is 12.1 Å². The molecule has 0 unspecified atom stereocenters. The fourth-order valence-electron chi connectivity index (χ4n) is 2.02. The van der Waals surface area contributed by atoms with Crippen molar-refractivity contribution in [1.29, 1.82) is 0 Å². The Balaban J connectivity index is 3.01. The molecular weight excluding hydrogens is 232 g/mol. The maximum atomic E-state index is 11.1. The van der Waals surface area contributed by atoms with Gasteiger partial charge in [-0.2, -0.15) is 0 Å². The molecule has 0 fully saturated rings. The maximum absolute atomic E-state index is 11.1. The van der Waals surface area contributed by atoms with Crippen LogP contribution in [0.1, 0.15) is 20.7 Å². The number of carbonyl (C=O) groups excluding carboxylic acids is 2. The van der Waals surface area contributed by atoms with Crippen molar-refractivity contribution in [3.63, 3.8) is 0 Å². The number of hydrogen-bond acceptors (Lipinski definition) is 4. The Hall–Kier alpha value is -2.36. The molecule has 0 amide bonds. The third-order valence-corrected chi connectivity index (χ3v) is 2.84. The van der Waals surface area contributed by atoms with Crippen LogP contribution in [0, 0.1) is 0 Å². The molecule has 0 atom stereocenters. The minimum Gasteiger partial charge on any atom is -0.496 e. The normalized spacial score (nSPS) is 10.1. The first-order chi connectivity index (χ1) is 8.76. The first kappa shape index (κ1) is 12.1. The standard InChI is InChI=1S/C14H12O4/c1-17-11-5-6-12(18-2)14-10(8-16)4-3-9(7-15)13(11)14/h3-8H,1-2H3. The Bertz CT molecular complexity index is 562. The molecule has 18 heavy (non-hydrogen) atoms.